The van der Waals surface area contributed by atoms with E-state index >= 15 is 0 Å². The van der Waals surface area contributed by atoms with Crippen LogP contribution in [0, 0.1) is 16.7 Å². The Morgan fingerprint density at radius 2 is 1.71 bits per heavy atom. The normalized spacial score (nSPS) is 42.9. The van der Waals surface area contributed by atoms with Crippen LogP contribution < -0.4 is 0 Å². The number of ketones is 1. The molecular formula is C29H45NO8. The average Bonchev–Trinajstić information content (AvgIpc) is 2.84. The number of carbonyl (C=O) groups excluding carboxylic acids is 3. The lowest BCUT2D eigenvalue weighted by molar-refractivity contribution is -0.358. The van der Waals surface area contributed by atoms with Crippen LogP contribution >= 0.6 is 0 Å². The standard InChI is InChI=1S/C29H45NO8/c1-7-26(4)16-19(32)29(35)27(5)13-11-12-25(2,3)23(27)22(24(28(29,6)38-26)37-21(34)18-31)36-20(33)17-30-14-9-8-10-15-30/h7,22-24,31,35H,1,8-18H2,2-6H3/t22-,23-,24-,26-,27-,28+,29-/m0/s1. The maximum atomic E-state index is 14.0. The highest BCUT2D eigenvalue weighted by Gasteiger charge is 2.80. The molecule has 0 amide bonds. The number of likely N-dealkylation sites (tertiary alicyclic amines) is 1. The number of hydrogen-bond acceptors (Lipinski definition) is 9. The monoisotopic (exact) mass is 535 g/mol. The third kappa shape index (κ3) is 4.43. The first-order valence-electron chi connectivity index (χ1n) is 14.0. The summed E-state index contributed by atoms with van der Waals surface area (Å²) in [6.45, 7) is 13.9. The number of Topliss-reactive ketones (excluding diaryl/α,β-unsaturated/α-hetero) is 1. The number of esters is 2. The van der Waals surface area contributed by atoms with Crippen molar-refractivity contribution in [2.24, 2.45) is 16.7 Å². The van der Waals surface area contributed by atoms with Gasteiger partial charge in [-0.25, -0.2) is 4.79 Å². The lowest BCUT2D eigenvalue weighted by Crippen LogP contribution is -2.85. The van der Waals surface area contributed by atoms with Gasteiger partial charge in [0.1, 0.15) is 18.3 Å². The van der Waals surface area contributed by atoms with Gasteiger partial charge in [0, 0.05) is 17.8 Å². The van der Waals surface area contributed by atoms with E-state index in [0.29, 0.717) is 6.42 Å². The van der Waals surface area contributed by atoms with Crippen molar-refractivity contribution in [3.8, 4) is 0 Å². The van der Waals surface area contributed by atoms with Crippen molar-refractivity contribution in [2.45, 2.75) is 109 Å². The van der Waals surface area contributed by atoms with Crippen molar-refractivity contribution in [2.75, 3.05) is 26.2 Å². The van der Waals surface area contributed by atoms with Crippen molar-refractivity contribution < 1.29 is 38.8 Å². The fraction of sp³-hybridized carbons (Fsp3) is 0.828. The summed E-state index contributed by atoms with van der Waals surface area (Å²) >= 11 is 0. The molecule has 2 aliphatic heterocycles. The van der Waals surface area contributed by atoms with Gasteiger partial charge in [0.25, 0.3) is 0 Å². The predicted molar refractivity (Wildman–Crippen MR) is 139 cm³/mol. The van der Waals surface area contributed by atoms with E-state index in [1.807, 2.05) is 20.8 Å². The molecule has 0 spiro atoms. The third-order valence-corrected chi connectivity index (χ3v) is 10.0. The van der Waals surface area contributed by atoms with Crippen LogP contribution in [0.5, 0.6) is 0 Å². The van der Waals surface area contributed by atoms with Gasteiger partial charge in [-0.15, -0.1) is 6.58 Å². The van der Waals surface area contributed by atoms with Crippen molar-refractivity contribution in [3.05, 3.63) is 12.7 Å². The molecule has 4 rings (SSSR count). The second-order valence-electron chi connectivity index (χ2n) is 13.1. The molecule has 9 nitrogen and oxygen atoms in total. The van der Waals surface area contributed by atoms with Crippen LogP contribution in [0.15, 0.2) is 12.7 Å². The minimum atomic E-state index is -2.04. The van der Waals surface area contributed by atoms with E-state index in [-0.39, 0.29) is 13.0 Å². The molecule has 2 saturated heterocycles. The van der Waals surface area contributed by atoms with Gasteiger partial charge < -0.3 is 24.4 Å². The molecule has 4 fully saturated rings. The Kier molecular flexibility index (Phi) is 7.67. The van der Waals surface area contributed by atoms with Gasteiger partial charge in [-0.2, -0.15) is 0 Å². The number of fused-ring (bicyclic) bond motifs is 3. The Hall–Kier alpha value is -1.81. The van der Waals surface area contributed by atoms with Gasteiger partial charge in [-0.05, 0) is 58.0 Å². The largest absolute Gasteiger partial charge is 0.457 e. The summed E-state index contributed by atoms with van der Waals surface area (Å²) in [6.07, 6.45) is 4.29. The number of hydrogen-bond donors (Lipinski definition) is 2. The van der Waals surface area contributed by atoms with Crippen LogP contribution in [0.3, 0.4) is 0 Å². The second-order valence-corrected chi connectivity index (χ2v) is 13.1. The van der Waals surface area contributed by atoms with E-state index < -0.39 is 70.1 Å². The number of aliphatic hydroxyl groups is 2. The lowest BCUT2D eigenvalue weighted by Gasteiger charge is -2.70. The molecule has 2 saturated carbocycles. The molecule has 0 bridgehead atoms. The first kappa shape index (κ1) is 29.2. The number of rotatable bonds is 6. The molecule has 0 aromatic carbocycles. The molecule has 9 heteroatoms. The number of piperidine rings is 1. The quantitative estimate of drug-likeness (QED) is 0.390. The minimum Gasteiger partial charge on any atom is -0.457 e. The number of carbonyl (C=O) groups is 3. The molecule has 2 aliphatic carbocycles. The summed E-state index contributed by atoms with van der Waals surface area (Å²) in [7, 11) is 0. The number of ether oxygens (including phenoxy) is 3. The van der Waals surface area contributed by atoms with Crippen LogP contribution in [0.1, 0.15) is 79.6 Å². The van der Waals surface area contributed by atoms with E-state index in [1.54, 1.807) is 13.8 Å². The van der Waals surface area contributed by atoms with Gasteiger partial charge in [-0.1, -0.05) is 39.7 Å². The van der Waals surface area contributed by atoms with E-state index in [4.69, 9.17) is 14.2 Å². The smallest absolute Gasteiger partial charge is 0.332 e. The molecule has 0 unspecified atom stereocenters. The number of aliphatic hydroxyl groups excluding tert-OH is 1. The molecule has 2 N–H and O–H groups in total. The Morgan fingerprint density at radius 1 is 1.05 bits per heavy atom. The Morgan fingerprint density at radius 3 is 2.32 bits per heavy atom. The zero-order chi connectivity index (χ0) is 28.1. The summed E-state index contributed by atoms with van der Waals surface area (Å²) < 4.78 is 18.6. The zero-order valence-corrected chi connectivity index (χ0v) is 23.6. The predicted octanol–water partition coefficient (Wildman–Crippen LogP) is 2.56. The summed E-state index contributed by atoms with van der Waals surface area (Å²) in [6, 6.07) is 0. The molecule has 0 radical (unpaired) electrons. The van der Waals surface area contributed by atoms with Crippen molar-refractivity contribution in [3.63, 3.8) is 0 Å². The fourth-order valence-electron chi connectivity index (χ4n) is 8.34. The highest BCUT2D eigenvalue weighted by atomic mass is 16.6. The topological polar surface area (TPSA) is 123 Å². The van der Waals surface area contributed by atoms with Crippen LogP contribution in [-0.4, -0.2) is 88.1 Å². The molecule has 214 valence electrons. The third-order valence-electron chi connectivity index (χ3n) is 10.0. The maximum absolute atomic E-state index is 14.0. The van der Waals surface area contributed by atoms with E-state index in [1.165, 1.54) is 6.08 Å². The van der Waals surface area contributed by atoms with Gasteiger partial charge >= 0.3 is 11.9 Å². The first-order valence-corrected chi connectivity index (χ1v) is 14.0. The van der Waals surface area contributed by atoms with Crippen LogP contribution in [0.25, 0.3) is 0 Å². The molecule has 7 atom stereocenters. The van der Waals surface area contributed by atoms with E-state index in [0.717, 1.165) is 45.2 Å². The van der Waals surface area contributed by atoms with Gasteiger partial charge in [0.15, 0.2) is 17.5 Å². The highest BCUT2D eigenvalue weighted by molar-refractivity contribution is 5.92. The highest BCUT2D eigenvalue weighted by Crippen LogP contribution is 2.67. The van der Waals surface area contributed by atoms with Gasteiger partial charge in [-0.3, -0.25) is 14.5 Å². The van der Waals surface area contributed by atoms with E-state index in [2.05, 4.69) is 11.5 Å². The summed E-state index contributed by atoms with van der Waals surface area (Å²) in [4.78, 5) is 42.1. The van der Waals surface area contributed by atoms with Crippen molar-refractivity contribution >= 4 is 17.7 Å². The SMILES string of the molecule is C=C[C@@]1(C)CC(=O)[C@]2(O)[C@@]3(C)CCCC(C)(C)[C@@H]3[C@H](OC(=O)CN3CCCCC3)[C@H](OC(=O)CO)[C@@]2(C)O1. The van der Waals surface area contributed by atoms with Crippen LogP contribution in [0.4, 0.5) is 0 Å². The zero-order valence-electron chi connectivity index (χ0n) is 23.6. The van der Waals surface area contributed by atoms with Gasteiger partial charge in [0.05, 0.1) is 12.1 Å². The molecule has 2 heterocycles. The molecule has 4 aliphatic rings. The maximum Gasteiger partial charge on any atom is 0.332 e. The first-order chi connectivity index (χ1) is 17.7. The Balaban J connectivity index is 1.86. The van der Waals surface area contributed by atoms with Crippen LogP contribution in [-0.2, 0) is 28.6 Å². The Labute approximate surface area is 225 Å². The lowest BCUT2D eigenvalue weighted by atomic mass is 9.40. The molecular weight excluding hydrogens is 490 g/mol. The van der Waals surface area contributed by atoms with Crippen molar-refractivity contribution in [1.29, 1.82) is 0 Å². The fourth-order valence-corrected chi connectivity index (χ4v) is 8.34. The molecule has 0 aromatic rings. The second kappa shape index (κ2) is 9.98. The Bertz CT molecular complexity index is 976. The minimum absolute atomic E-state index is 0.0919. The summed E-state index contributed by atoms with van der Waals surface area (Å²) in [5.41, 5.74) is -6.46. The molecule has 38 heavy (non-hydrogen) atoms. The molecule has 0 aromatic heterocycles. The van der Waals surface area contributed by atoms with Crippen molar-refractivity contribution in [1.82, 2.24) is 4.90 Å². The van der Waals surface area contributed by atoms with Crippen LogP contribution in [0.2, 0.25) is 0 Å². The summed E-state index contributed by atoms with van der Waals surface area (Å²) in [5.74, 6) is -2.34. The van der Waals surface area contributed by atoms with Gasteiger partial charge in [0.2, 0.25) is 0 Å². The average molecular weight is 536 g/mol. The van der Waals surface area contributed by atoms with E-state index in [9.17, 15) is 24.6 Å². The summed E-state index contributed by atoms with van der Waals surface area (Å²) in [5, 5.41) is 22.2. The number of nitrogens with zero attached hydrogens (tertiary/aromatic N) is 1.